The Hall–Kier alpha value is -2.46. The highest BCUT2D eigenvalue weighted by Crippen LogP contribution is 2.57. The summed E-state index contributed by atoms with van der Waals surface area (Å²) in [7, 11) is -3.52. The maximum atomic E-state index is 11.0. The number of carbonyl (C=O) groups is 1. The summed E-state index contributed by atoms with van der Waals surface area (Å²) in [6.07, 6.45) is 0. The lowest BCUT2D eigenvalue weighted by Gasteiger charge is -2.34. The van der Waals surface area contributed by atoms with E-state index in [0.29, 0.717) is 11.4 Å². The highest BCUT2D eigenvalue weighted by atomic mass is 35.5. The highest BCUT2D eigenvalue weighted by molar-refractivity contribution is 8.23. The van der Waals surface area contributed by atoms with Crippen molar-refractivity contribution in [3.05, 3.63) is 41.4 Å². The lowest BCUT2D eigenvalue weighted by atomic mass is 10.2. The van der Waals surface area contributed by atoms with Gasteiger partial charge < -0.3 is 21.1 Å². The van der Waals surface area contributed by atoms with Crippen molar-refractivity contribution in [2.75, 3.05) is 16.0 Å². The predicted molar refractivity (Wildman–Crippen MR) is 99.7 cm³/mol. The molecule has 1 heterocycles. The number of aromatic hydroxyl groups is 1. The standard InChI is InChI=1S/C15H15ClN4O4S/c1-8(21)17-10-2-4-11(5-3-10)18-15-19-14-12(22)6-9(16)7-13(14)25(23,24)20-15/h2-7,22-24H,1H3,(H,17,21)(H2,18,19,20). The molecule has 6 N–H and O–H groups in total. The number of rotatable bonds is 2. The van der Waals surface area contributed by atoms with Crippen molar-refractivity contribution in [1.29, 1.82) is 0 Å². The van der Waals surface area contributed by atoms with Crippen molar-refractivity contribution in [3.8, 4) is 5.75 Å². The van der Waals surface area contributed by atoms with Crippen LogP contribution in [0.3, 0.4) is 0 Å². The van der Waals surface area contributed by atoms with Gasteiger partial charge in [0, 0.05) is 29.4 Å². The first-order valence-corrected chi connectivity index (χ1v) is 8.95. The van der Waals surface area contributed by atoms with E-state index in [0.717, 1.165) is 0 Å². The number of fused-ring (bicyclic) bond motifs is 1. The molecule has 0 saturated carbocycles. The van der Waals surface area contributed by atoms with Gasteiger partial charge in [-0.3, -0.25) is 13.9 Å². The number of carbonyl (C=O) groups excluding carboxylic acids is 1. The highest BCUT2D eigenvalue weighted by Gasteiger charge is 2.28. The summed E-state index contributed by atoms with van der Waals surface area (Å²) in [4.78, 5) is 11.0. The average molecular weight is 383 g/mol. The zero-order valence-electron chi connectivity index (χ0n) is 12.9. The van der Waals surface area contributed by atoms with E-state index < -0.39 is 10.8 Å². The summed E-state index contributed by atoms with van der Waals surface area (Å²) in [5, 5.41) is 18.5. The fourth-order valence-corrected chi connectivity index (χ4v) is 3.69. The Bertz CT molecular complexity index is 871. The Kier molecular flexibility index (Phi) is 4.48. The molecule has 8 nitrogen and oxygen atoms in total. The minimum atomic E-state index is -3.52. The first-order chi connectivity index (χ1) is 11.7. The second-order valence-corrected chi connectivity index (χ2v) is 7.36. The number of phenolic OH excluding ortho intramolecular Hbond substituents is 1. The molecule has 3 rings (SSSR count). The fourth-order valence-electron chi connectivity index (χ4n) is 2.26. The zero-order chi connectivity index (χ0) is 18.2. The first kappa shape index (κ1) is 17.4. The minimum Gasteiger partial charge on any atom is -0.506 e. The Morgan fingerprint density at radius 3 is 2.48 bits per heavy atom. The molecule has 0 aliphatic carbocycles. The summed E-state index contributed by atoms with van der Waals surface area (Å²) < 4.78 is 24.3. The number of phenols is 1. The van der Waals surface area contributed by atoms with Gasteiger partial charge >= 0.3 is 0 Å². The Morgan fingerprint density at radius 1 is 1.20 bits per heavy atom. The van der Waals surface area contributed by atoms with Crippen LogP contribution in [0.2, 0.25) is 5.02 Å². The van der Waals surface area contributed by atoms with Crippen molar-refractivity contribution >= 4 is 51.3 Å². The van der Waals surface area contributed by atoms with Gasteiger partial charge in [0.2, 0.25) is 11.9 Å². The van der Waals surface area contributed by atoms with E-state index in [1.165, 1.54) is 19.1 Å². The molecule has 10 heteroatoms. The molecule has 0 saturated heterocycles. The number of benzene rings is 2. The molecule has 0 atom stereocenters. The summed E-state index contributed by atoms with van der Waals surface area (Å²) in [5.41, 5.74) is 1.34. The van der Waals surface area contributed by atoms with E-state index in [2.05, 4.69) is 20.3 Å². The third kappa shape index (κ3) is 3.80. The molecule has 0 radical (unpaired) electrons. The van der Waals surface area contributed by atoms with Gasteiger partial charge in [0.15, 0.2) is 0 Å². The normalized spacial score (nSPS) is 16.1. The van der Waals surface area contributed by atoms with Crippen LogP contribution in [0.15, 0.2) is 45.7 Å². The number of halogens is 1. The number of nitrogens with one attached hydrogen (secondary N) is 3. The molecule has 2 aromatic carbocycles. The lowest BCUT2D eigenvalue weighted by Crippen LogP contribution is -2.27. The summed E-state index contributed by atoms with van der Waals surface area (Å²) >= 11 is 5.84. The Balaban J connectivity index is 1.85. The zero-order valence-corrected chi connectivity index (χ0v) is 14.5. The number of amides is 1. The van der Waals surface area contributed by atoms with Gasteiger partial charge in [-0.05, 0) is 30.3 Å². The molecular formula is C15H15ClN4O4S. The van der Waals surface area contributed by atoms with Crippen LogP contribution in [0.25, 0.3) is 0 Å². The molecule has 0 spiro atoms. The second kappa shape index (κ2) is 6.45. The largest absolute Gasteiger partial charge is 0.506 e. The molecular weight excluding hydrogens is 368 g/mol. The third-order valence-corrected chi connectivity index (χ3v) is 4.84. The van der Waals surface area contributed by atoms with E-state index in [1.54, 1.807) is 24.3 Å². The molecule has 132 valence electrons. The SMILES string of the molecule is CC(=O)Nc1ccc(NC2=NS(O)(O)c3cc(Cl)cc(O)c3N2)cc1. The van der Waals surface area contributed by atoms with Gasteiger partial charge in [0.25, 0.3) is 0 Å². The fraction of sp³-hybridized carbons (Fsp3) is 0.0667. The van der Waals surface area contributed by atoms with Gasteiger partial charge in [0.05, 0.1) is 0 Å². The Labute approximate surface area is 150 Å². The molecule has 0 unspecified atom stereocenters. The monoisotopic (exact) mass is 382 g/mol. The first-order valence-electron chi connectivity index (χ1n) is 7.07. The number of anilines is 3. The quantitative estimate of drug-likeness (QED) is 0.437. The molecule has 0 fully saturated rings. The van der Waals surface area contributed by atoms with E-state index in [9.17, 15) is 19.0 Å². The molecule has 1 aliphatic rings. The number of hydrogen-bond donors (Lipinski definition) is 6. The predicted octanol–water partition coefficient (Wildman–Crippen LogP) is 3.92. The third-order valence-electron chi connectivity index (χ3n) is 3.27. The van der Waals surface area contributed by atoms with Crippen molar-refractivity contribution in [1.82, 2.24) is 0 Å². The van der Waals surface area contributed by atoms with Crippen molar-refractivity contribution < 1.29 is 19.0 Å². The molecule has 25 heavy (non-hydrogen) atoms. The molecule has 1 aliphatic heterocycles. The lowest BCUT2D eigenvalue weighted by molar-refractivity contribution is -0.114. The van der Waals surface area contributed by atoms with E-state index in [1.807, 2.05) is 0 Å². The van der Waals surface area contributed by atoms with E-state index in [-0.39, 0.29) is 33.2 Å². The van der Waals surface area contributed by atoms with Crippen LogP contribution in [-0.4, -0.2) is 26.1 Å². The second-order valence-electron chi connectivity index (χ2n) is 5.27. The van der Waals surface area contributed by atoms with Crippen molar-refractivity contribution in [2.24, 2.45) is 4.40 Å². The topological polar surface area (TPSA) is 126 Å². The summed E-state index contributed by atoms with van der Waals surface area (Å²) in [6.45, 7) is 1.41. The number of guanidine groups is 1. The number of nitrogens with zero attached hydrogens (tertiary/aromatic N) is 1. The summed E-state index contributed by atoms with van der Waals surface area (Å²) in [5.74, 6) is -0.353. The van der Waals surface area contributed by atoms with Gasteiger partial charge in [-0.1, -0.05) is 22.4 Å². The van der Waals surface area contributed by atoms with Gasteiger partial charge in [-0.25, -0.2) is 0 Å². The van der Waals surface area contributed by atoms with Crippen LogP contribution < -0.4 is 16.0 Å². The minimum absolute atomic E-state index is 0.0176. The van der Waals surface area contributed by atoms with Crippen LogP contribution in [-0.2, 0) is 4.79 Å². The van der Waals surface area contributed by atoms with Crippen LogP contribution in [0, 0.1) is 0 Å². The van der Waals surface area contributed by atoms with Crippen LogP contribution in [0.4, 0.5) is 17.1 Å². The molecule has 0 bridgehead atoms. The summed E-state index contributed by atoms with van der Waals surface area (Å²) in [6, 6.07) is 9.33. The van der Waals surface area contributed by atoms with Crippen molar-refractivity contribution in [2.45, 2.75) is 11.8 Å². The van der Waals surface area contributed by atoms with E-state index >= 15 is 0 Å². The maximum Gasteiger partial charge on any atom is 0.223 e. The molecule has 1 amide bonds. The van der Waals surface area contributed by atoms with Gasteiger partial charge in [-0.15, -0.1) is 4.40 Å². The molecule has 2 aromatic rings. The van der Waals surface area contributed by atoms with Crippen LogP contribution >= 0.6 is 22.4 Å². The average Bonchev–Trinajstić information content (AvgIpc) is 2.49. The van der Waals surface area contributed by atoms with E-state index in [4.69, 9.17) is 11.6 Å². The smallest absolute Gasteiger partial charge is 0.223 e. The maximum absolute atomic E-state index is 11.0. The molecule has 0 aromatic heterocycles. The van der Waals surface area contributed by atoms with Crippen LogP contribution in [0.5, 0.6) is 5.75 Å². The van der Waals surface area contributed by atoms with Crippen molar-refractivity contribution in [3.63, 3.8) is 0 Å². The van der Waals surface area contributed by atoms with Gasteiger partial charge in [0.1, 0.15) is 16.3 Å². The Morgan fingerprint density at radius 2 is 1.84 bits per heavy atom. The van der Waals surface area contributed by atoms with Crippen LogP contribution in [0.1, 0.15) is 6.92 Å². The number of hydrogen-bond acceptors (Lipinski definition) is 7. The van der Waals surface area contributed by atoms with Gasteiger partial charge in [-0.2, -0.15) is 0 Å².